The van der Waals surface area contributed by atoms with Crippen molar-refractivity contribution in [3.8, 4) is 17.6 Å². The van der Waals surface area contributed by atoms with Crippen LogP contribution in [0.1, 0.15) is 53.0 Å². The molecule has 0 saturated heterocycles. The minimum atomic E-state index is -0.645. The molecule has 1 heterocycles. The van der Waals surface area contributed by atoms with Gasteiger partial charge in [0, 0.05) is 19.0 Å². The Labute approximate surface area is 200 Å². The molecule has 8 nitrogen and oxygen atoms in total. The fourth-order valence-corrected chi connectivity index (χ4v) is 3.34. The molecule has 0 unspecified atom stereocenters. The first kappa shape index (κ1) is 26.7. The molecule has 0 N–H and O–H groups in total. The predicted molar refractivity (Wildman–Crippen MR) is 127 cm³/mol. The number of hydrogen-bond acceptors (Lipinski definition) is 7. The summed E-state index contributed by atoms with van der Waals surface area (Å²) >= 11 is 0. The number of rotatable bonds is 11. The number of nitrogens with zero attached hydrogens (tertiary/aromatic N) is 2. The maximum atomic E-state index is 13.2. The Morgan fingerprint density at radius 1 is 1.15 bits per heavy atom. The molecule has 0 saturated carbocycles. The smallest absolute Gasteiger partial charge is 0.302 e. The van der Waals surface area contributed by atoms with Crippen molar-refractivity contribution in [3.05, 3.63) is 40.5 Å². The van der Waals surface area contributed by atoms with Crippen molar-refractivity contribution in [2.45, 2.75) is 47.5 Å². The van der Waals surface area contributed by atoms with Gasteiger partial charge >= 0.3 is 5.97 Å². The van der Waals surface area contributed by atoms with Crippen LogP contribution < -0.4 is 9.47 Å². The van der Waals surface area contributed by atoms with E-state index >= 15 is 0 Å². The zero-order valence-corrected chi connectivity index (χ0v) is 20.5. The van der Waals surface area contributed by atoms with Crippen molar-refractivity contribution < 1.29 is 28.6 Å². The molecular formula is C26H32N2O6. The van der Waals surface area contributed by atoms with Crippen LogP contribution in [-0.4, -0.2) is 49.0 Å². The van der Waals surface area contributed by atoms with E-state index in [2.05, 4.69) is 13.8 Å². The second-order valence-corrected chi connectivity index (χ2v) is 8.30. The standard InChI is InChI=1S/C26H32N2O6/c1-6-32-24-15-20(8-9-23(24)34-13-10-17(2)3)14-21-18(4)22(16-27)26(31)28(25(21)30)11-7-12-33-19(5)29/h8-9,14-15,17H,6-7,10-13H2,1-5H3/b21-14+. The normalized spacial score (nSPS) is 15.1. The van der Waals surface area contributed by atoms with Gasteiger partial charge in [0.05, 0.1) is 19.8 Å². The molecule has 1 aromatic rings. The largest absolute Gasteiger partial charge is 0.490 e. The Bertz CT molecular complexity index is 1030. The van der Waals surface area contributed by atoms with Crippen molar-refractivity contribution in [3.63, 3.8) is 0 Å². The first-order chi connectivity index (χ1) is 16.2. The van der Waals surface area contributed by atoms with Crippen molar-refractivity contribution in [1.82, 2.24) is 4.90 Å². The van der Waals surface area contributed by atoms with Crippen LogP contribution in [-0.2, 0) is 19.1 Å². The van der Waals surface area contributed by atoms with E-state index < -0.39 is 17.8 Å². The fourth-order valence-electron chi connectivity index (χ4n) is 3.34. The fraction of sp³-hybridized carbons (Fsp3) is 0.462. The van der Waals surface area contributed by atoms with Gasteiger partial charge in [0.15, 0.2) is 11.5 Å². The van der Waals surface area contributed by atoms with E-state index in [4.69, 9.17) is 14.2 Å². The van der Waals surface area contributed by atoms with Crippen molar-refractivity contribution in [2.24, 2.45) is 5.92 Å². The Hall–Kier alpha value is -3.60. The number of ether oxygens (including phenoxy) is 3. The lowest BCUT2D eigenvalue weighted by Gasteiger charge is -2.27. The number of carbonyl (C=O) groups is 3. The molecule has 1 aromatic carbocycles. The maximum Gasteiger partial charge on any atom is 0.302 e. The molecule has 182 valence electrons. The van der Waals surface area contributed by atoms with E-state index in [0.29, 0.717) is 41.8 Å². The summed E-state index contributed by atoms with van der Waals surface area (Å²) in [5.41, 5.74) is 1.16. The molecular weight excluding hydrogens is 436 g/mol. The molecule has 2 rings (SSSR count). The van der Waals surface area contributed by atoms with Gasteiger partial charge < -0.3 is 14.2 Å². The summed E-state index contributed by atoms with van der Waals surface area (Å²) in [5, 5.41) is 9.54. The molecule has 2 amide bonds. The highest BCUT2D eigenvalue weighted by Crippen LogP contribution is 2.32. The zero-order chi connectivity index (χ0) is 25.3. The maximum absolute atomic E-state index is 13.2. The number of esters is 1. The van der Waals surface area contributed by atoms with E-state index in [1.165, 1.54) is 6.92 Å². The van der Waals surface area contributed by atoms with Crippen LogP contribution in [0.25, 0.3) is 6.08 Å². The summed E-state index contributed by atoms with van der Waals surface area (Å²) in [6.07, 6.45) is 2.83. The van der Waals surface area contributed by atoms with Gasteiger partial charge in [-0.2, -0.15) is 5.26 Å². The number of imide groups is 1. The van der Waals surface area contributed by atoms with Crippen LogP contribution in [0.4, 0.5) is 0 Å². The van der Waals surface area contributed by atoms with E-state index in [0.717, 1.165) is 11.3 Å². The predicted octanol–water partition coefficient (Wildman–Crippen LogP) is 4.06. The molecule has 0 fully saturated rings. The zero-order valence-electron chi connectivity index (χ0n) is 20.5. The monoisotopic (exact) mass is 468 g/mol. The van der Waals surface area contributed by atoms with Crippen LogP contribution in [0.5, 0.6) is 11.5 Å². The third kappa shape index (κ3) is 6.95. The first-order valence-electron chi connectivity index (χ1n) is 11.4. The third-order valence-electron chi connectivity index (χ3n) is 5.19. The van der Waals surface area contributed by atoms with Gasteiger partial charge in [-0.1, -0.05) is 19.9 Å². The molecule has 0 aromatic heterocycles. The second kappa shape index (κ2) is 12.6. The van der Waals surface area contributed by atoms with E-state index in [9.17, 15) is 19.6 Å². The van der Waals surface area contributed by atoms with Gasteiger partial charge in [-0.25, -0.2) is 0 Å². The van der Waals surface area contributed by atoms with Crippen LogP contribution >= 0.6 is 0 Å². The van der Waals surface area contributed by atoms with Gasteiger partial charge in [-0.15, -0.1) is 0 Å². The molecule has 8 heteroatoms. The van der Waals surface area contributed by atoms with Gasteiger partial charge in [0.2, 0.25) is 0 Å². The summed E-state index contributed by atoms with van der Waals surface area (Å²) in [7, 11) is 0. The average Bonchev–Trinajstić information content (AvgIpc) is 2.77. The average molecular weight is 469 g/mol. The van der Waals surface area contributed by atoms with Crippen LogP contribution in [0.15, 0.2) is 34.9 Å². The first-order valence-corrected chi connectivity index (χ1v) is 11.4. The minimum Gasteiger partial charge on any atom is -0.490 e. The van der Waals surface area contributed by atoms with Crippen LogP contribution in [0.2, 0.25) is 0 Å². The topological polar surface area (TPSA) is 106 Å². The number of carbonyl (C=O) groups excluding carboxylic acids is 3. The highest BCUT2D eigenvalue weighted by atomic mass is 16.5. The lowest BCUT2D eigenvalue weighted by atomic mass is 9.93. The molecule has 0 radical (unpaired) electrons. The summed E-state index contributed by atoms with van der Waals surface area (Å²) < 4.78 is 16.5. The molecule has 1 aliphatic heterocycles. The van der Waals surface area contributed by atoms with Crippen LogP contribution in [0.3, 0.4) is 0 Å². The van der Waals surface area contributed by atoms with Crippen LogP contribution in [0, 0.1) is 17.2 Å². The number of hydrogen-bond donors (Lipinski definition) is 0. The number of benzene rings is 1. The Balaban J connectivity index is 2.35. The summed E-state index contributed by atoms with van der Waals surface area (Å²) in [6.45, 7) is 10.1. The summed E-state index contributed by atoms with van der Waals surface area (Å²) in [4.78, 5) is 37.8. The van der Waals surface area contributed by atoms with Gasteiger partial charge in [-0.3, -0.25) is 19.3 Å². The molecule has 0 spiro atoms. The quantitative estimate of drug-likeness (QED) is 0.209. The number of nitriles is 1. The highest BCUT2D eigenvalue weighted by molar-refractivity contribution is 6.19. The van der Waals surface area contributed by atoms with Crippen molar-refractivity contribution in [1.29, 1.82) is 5.26 Å². The Morgan fingerprint density at radius 2 is 1.88 bits per heavy atom. The molecule has 0 bridgehead atoms. The Morgan fingerprint density at radius 3 is 2.50 bits per heavy atom. The SMILES string of the molecule is CCOc1cc(/C=C2/C(=O)N(CCCOC(C)=O)C(=O)C(C#N)=C2C)ccc1OCCC(C)C. The lowest BCUT2D eigenvalue weighted by Crippen LogP contribution is -2.43. The van der Waals surface area contributed by atoms with Gasteiger partial charge in [0.25, 0.3) is 11.8 Å². The number of amides is 2. The van der Waals surface area contributed by atoms with E-state index in [-0.39, 0.29) is 30.7 Å². The molecule has 0 atom stereocenters. The van der Waals surface area contributed by atoms with Gasteiger partial charge in [0.1, 0.15) is 11.6 Å². The minimum absolute atomic E-state index is 0.0353. The third-order valence-corrected chi connectivity index (χ3v) is 5.19. The molecule has 34 heavy (non-hydrogen) atoms. The van der Waals surface area contributed by atoms with E-state index in [1.807, 2.05) is 13.0 Å². The van der Waals surface area contributed by atoms with Crippen molar-refractivity contribution >= 4 is 23.9 Å². The second-order valence-electron chi connectivity index (χ2n) is 8.30. The molecule has 0 aliphatic carbocycles. The lowest BCUT2D eigenvalue weighted by molar-refractivity contribution is -0.141. The summed E-state index contributed by atoms with van der Waals surface area (Å²) in [6, 6.07) is 7.28. The van der Waals surface area contributed by atoms with E-state index in [1.54, 1.807) is 31.2 Å². The highest BCUT2D eigenvalue weighted by Gasteiger charge is 2.35. The molecule has 1 aliphatic rings. The van der Waals surface area contributed by atoms with Crippen molar-refractivity contribution in [2.75, 3.05) is 26.4 Å². The summed E-state index contributed by atoms with van der Waals surface area (Å²) in [5.74, 6) is 0.105. The Kier molecular flexibility index (Phi) is 9.87. The van der Waals surface area contributed by atoms with Gasteiger partial charge in [-0.05, 0) is 62.0 Å².